The first kappa shape index (κ1) is 14.4. The van der Waals surface area contributed by atoms with Crippen molar-refractivity contribution in [3.63, 3.8) is 0 Å². The van der Waals surface area contributed by atoms with Crippen LogP contribution in [0.4, 0.5) is 11.4 Å². The number of nitro groups is 1. The summed E-state index contributed by atoms with van der Waals surface area (Å²) in [6.45, 7) is 0. The molecule has 102 valence electrons. The van der Waals surface area contributed by atoms with Gasteiger partial charge in [0.05, 0.1) is 10.5 Å². The third kappa shape index (κ3) is 3.31. The highest BCUT2D eigenvalue weighted by atomic mass is 79.9. The van der Waals surface area contributed by atoms with Gasteiger partial charge in [0.2, 0.25) is 0 Å². The molecule has 1 amide bonds. The number of carbonyl (C=O) groups is 1. The zero-order chi connectivity index (χ0) is 14.7. The average Bonchev–Trinajstić information content (AvgIpc) is 2.38. The second-order valence-electron chi connectivity index (χ2n) is 3.75. The largest absolute Gasteiger partial charge is 0.322 e. The summed E-state index contributed by atoms with van der Waals surface area (Å²) in [5.74, 6) is -0.565. The summed E-state index contributed by atoms with van der Waals surface area (Å²) < 4.78 is 0.790. The minimum atomic E-state index is -0.640. The van der Waals surface area contributed by atoms with E-state index >= 15 is 0 Å². The molecule has 1 N–H and O–H groups in total. The van der Waals surface area contributed by atoms with Crippen LogP contribution in [0.25, 0.3) is 0 Å². The van der Waals surface area contributed by atoms with E-state index in [2.05, 4.69) is 26.2 Å². The number of aromatic nitrogens is 1. The smallest absolute Gasteiger partial charge is 0.288 e. The van der Waals surface area contributed by atoms with E-state index in [0.717, 1.165) is 16.7 Å². The van der Waals surface area contributed by atoms with Crippen LogP contribution in [0.2, 0.25) is 5.15 Å². The molecule has 8 heteroatoms. The monoisotopic (exact) mass is 355 g/mol. The molecule has 0 bridgehead atoms. The van der Waals surface area contributed by atoms with E-state index in [-0.39, 0.29) is 16.4 Å². The molecule has 6 nitrogen and oxygen atoms in total. The Bertz CT molecular complexity index is 693. The van der Waals surface area contributed by atoms with Crippen LogP contribution in [0, 0.1) is 10.1 Å². The second kappa shape index (κ2) is 5.98. The lowest BCUT2D eigenvalue weighted by Gasteiger charge is -2.06. The van der Waals surface area contributed by atoms with Crippen molar-refractivity contribution in [2.75, 3.05) is 5.32 Å². The van der Waals surface area contributed by atoms with Gasteiger partial charge in [0, 0.05) is 16.2 Å². The van der Waals surface area contributed by atoms with Crippen LogP contribution in [-0.2, 0) is 0 Å². The molecule has 0 saturated heterocycles. The summed E-state index contributed by atoms with van der Waals surface area (Å²) in [6.07, 6.45) is 0.998. The number of nitrogens with zero attached hydrogens (tertiary/aromatic N) is 2. The number of rotatable bonds is 3. The Morgan fingerprint density at radius 3 is 2.80 bits per heavy atom. The molecular weight excluding hydrogens is 350 g/mol. The Morgan fingerprint density at radius 1 is 1.40 bits per heavy atom. The van der Waals surface area contributed by atoms with Gasteiger partial charge >= 0.3 is 0 Å². The van der Waals surface area contributed by atoms with E-state index in [4.69, 9.17) is 11.6 Å². The van der Waals surface area contributed by atoms with E-state index in [1.165, 1.54) is 0 Å². The SMILES string of the molecule is O=C(Nc1cccc(Br)c1)c1cc([N+](=O)[O-])cnc1Cl. The number of pyridine rings is 1. The summed E-state index contributed by atoms with van der Waals surface area (Å²) in [7, 11) is 0. The number of carbonyl (C=O) groups excluding carboxylic acids is 1. The fourth-order valence-corrected chi connectivity index (χ4v) is 2.05. The van der Waals surface area contributed by atoms with Crippen LogP contribution in [0.3, 0.4) is 0 Å². The quantitative estimate of drug-likeness (QED) is 0.516. The molecule has 0 radical (unpaired) electrons. The van der Waals surface area contributed by atoms with E-state index in [9.17, 15) is 14.9 Å². The lowest BCUT2D eigenvalue weighted by molar-refractivity contribution is -0.385. The van der Waals surface area contributed by atoms with E-state index < -0.39 is 10.8 Å². The Kier molecular flexibility index (Phi) is 4.31. The second-order valence-corrected chi connectivity index (χ2v) is 5.03. The minimum absolute atomic E-state index is 0.0548. The minimum Gasteiger partial charge on any atom is -0.322 e. The van der Waals surface area contributed by atoms with Crippen LogP contribution in [0.5, 0.6) is 0 Å². The number of anilines is 1. The Morgan fingerprint density at radius 2 is 2.15 bits per heavy atom. The standard InChI is InChI=1S/C12H7BrClN3O3/c13-7-2-1-3-8(4-7)16-12(18)10-5-9(17(19)20)6-15-11(10)14/h1-6H,(H,16,18). The molecule has 0 fully saturated rings. The zero-order valence-corrected chi connectivity index (χ0v) is 12.2. The predicted molar refractivity (Wildman–Crippen MR) is 78.0 cm³/mol. The lowest BCUT2D eigenvalue weighted by Crippen LogP contribution is -2.13. The molecule has 1 aromatic carbocycles. The van der Waals surface area contributed by atoms with Crippen molar-refractivity contribution in [1.29, 1.82) is 0 Å². The number of nitrogens with one attached hydrogen (secondary N) is 1. The van der Waals surface area contributed by atoms with Gasteiger partial charge in [-0.2, -0.15) is 0 Å². The fraction of sp³-hybridized carbons (Fsp3) is 0. The summed E-state index contributed by atoms with van der Waals surface area (Å²) >= 11 is 9.06. The number of hydrogen-bond acceptors (Lipinski definition) is 4. The molecular formula is C12H7BrClN3O3. The Balaban J connectivity index is 2.29. The summed E-state index contributed by atoms with van der Waals surface area (Å²) in [6, 6.07) is 8.01. The van der Waals surface area contributed by atoms with Gasteiger partial charge in [0.1, 0.15) is 11.3 Å². The molecule has 0 aliphatic rings. The van der Waals surface area contributed by atoms with Crippen LogP contribution in [0.1, 0.15) is 10.4 Å². The third-order valence-electron chi connectivity index (χ3n) is 2.36. The van der Waals surface area contributed by atoms with Gasteiger partial charge in [0.25, 0.3) is 11.6 Å². The summed E-state index contributed by atoms with van der Waals surface area (Å²) in [4.78, 5) is 25.7. The van der Waals surface area contributed by atoms with Crippen molar-refractivity contribution in [3.8, 4) is 0 Å². The maximum atomic E-state index is 12.0. The molecule has 0 saturated carbocycles. The highest BCUT2D eigenvalue weighted by Gasteiger charge is 2.17. The third-order valence-corrected chi connectivity index (χ3v) is 3.16. The lowest BCUT2D eigenvalue weighted by atomic mass is 10.2. The van der Waals surface area contributed by atoms with Gasteiger partial charge in [-0.3, -0.25) is 14.9 Å². The molecule has 1 aromatic heterocycles. The van der Waals surface area contributed by atoms with Gasteiger partial charge in [-0.1, -0.05) is 33.6 Å². The number of benzene rings is 1. The van der Waals surface area contributed by atoms with Crippen LogP contribution < -0.4 is 5.32 Å². The van der Waals surface area contributed by atoms with Gasteiger partial charge in [0.15, 0.2) is 0 Å². The highest BCUT2D eigenvalue weighted by Crippen LogP contribution is 2.21. The first-order valence-corrected chi connectivity index (χ1v) is 6.51. The molecule has 2 rings (SSSR count). The van der Waals surface area contributed by atoms with Crippen LogP contribution >= 0.6 is 27.5 Å². The Labute approximate surface area is 127 Å². The maximum Gasteiger partial charge on any atom is 0.288 e. The van der Waals surface area contributed by atoms with E-state index in [1.54, 1.807) is 24.3 Å². The van der Waals surface area contributed by atoms with E-state index in [0.29, 0.717) is 5.69 Å². The zero-order valence-electron chi connectivity index (χ0n) is 9.84. The van der Waals surface area contributed by atoms with Gasteiger partial charge < -0.3 is 5.32 Å². The normalized spacial score (nSPS) is 10.1. The molecule has 0 atom stereocenters. The summed E-state index contributed by atoms with van der Waals surface area (Å²) in [5, 5.41) is 13.2. The maximum absolute atomic E-state index is 12.0. The van der Waals surface area contributed by atoms with Gasteiger partial charge in [-0.25, -0.2) is 4.98 Å². The topological polar surface area (TPSA) is 85.1 Å². The average molecular weight is 357 g/mol. The van der Waals surface area contributed by atoms with Crippen molar-refractivity contribution in [2.24, 2.45) is 0 Å². The number of amides is 1. The molecule has 2 aromatic rings. The number of halogens is 2. The van der Waals surface area contributed by atoms with Crippen LogP contribution in [-0.4, -0.2) is 15.8 Å². The van der Waals surface area contributed by atoms with Crippen LogP contribution in [0.15, 0.2) is 41.0 Å². The molecule has 20 heavy (non-hydrogen) atoms. The van der Waals surface area contributed by atoms with Gasteiger partial charge in [-0.15, -0.1) is 0 Å². The molecule has 0 aliphatic heterocycles. The highest BCUT2D eigenvalue weighted by molar-refractivity contribution is 9.10. The van der Waals surface area contributed by atoms with E-state index in [1.807, 2.05) is 0 Å². The Hall–Kier alpha value is -1.99. The van der Waals surface area contributed by atoms with Gasteiger partial charge in [-0.05, 0) is 18.2 Å². The van der Waals surface area contributed by atoms with Crippen molar-refractivity contribution in [3.05, 3.63) is 61.8 Å². The first-order valence-electron chi connectivity index (χ1n) is 5.34. The van der Waals surface area contributed by atoms with Crippen molar-refractivity contribution in [2.45, 2.75) is 0 Å². The molecule has 0 aliphatic carbocycles. The van der Waals surface area contributed by atoms with Crippen molar-refractivity contribution >= 4 is 44.8 Å². The van der Waals surface area contributed by atoms with Crippen molar-refractivity contribution < 1.29 is 9.72 Å². The fourth-order valence-electron chi connectivity index (χ4n) is 1.46. The van der Waals surface area contributed by atoms with Crippen molar-refractivity contribution in [1.82, 2.24) is 4.98 Å². The summed E-state index contributed by atoms with van der Waals surface area (Å²) in [5.41, 5.74) is 0.182. The predicted octanol–water partition coefficient (Wildman–Crippen LogP) is 3.66. The molecule has 0 unspecified atom stereocenters. The number of hydrogen-bond donors (Lipinski definition) is 1. The first-order chi connectivity index (χ1) is 9.47. The molecule has 1 heterocycles. The molecule has 0 spiro atoms.